The second-order valence-corrected chi connectivity index (χ2v) is 13.7. The first-order valence-electron chi connectivity index (χ1n) is 15.2. The van der Waals surface area contributed by atoms with Crippen LogP contribution in [0.1, 0.15) is 37.8 Å². The van der Waals surface area contributed by atoms with Gasteiger partial charge in [0.1, 0.15) is 6.04 Å². The van der Waals surface area contributed by atoms with Gasteiger partial charge >= 0.3 is 0 Å². The van der Waals surface area contributed by atoms with Crippen molar-refractivity contribution < 1.29 is 19.5 Å². The number of para-hydroxylation sites is 1. The zero-order valence-electron chi connectivity index (χ0n) is 25.6. The molecule has 228 valence electrons. The van der Waals surface area contributed by atoms with Crippen molar-refractivity contribution >= 4 is 40.9 Å². The van der Waals surface area contributed by atoms with Crippen molar-refractivity contribution in [1.29, 1.82) is 0 Å². The molecule has 43 heavy (non-hydrogen) atoms. The summed E-state index contributed by atoms with van der Waals surface area (Å²) in [6, 6.07) is 14.1. The average Bonchev–Trinajstić information content (AvgIpc) is 3.60. The minimum absolute atomic E-state index is 0.0180. The maximum atomic E-state index is 15.0. The number of aliphatic hydroxyl groups excluding tert-OH is 1. The number of aliphatic hydroxyl groups is 1. The Morgan fingerprint density at radius 2 is 1.77 bits per heavy atom. The standard InChI is InChI=1S/C35H43N3O4S/c1-7-17-36(26-13-11-10-12-14-26)32(40)29-28-20-24(6)35(43-28)30(29)33(41)38(25(9-3)21-39)31(35)34(42)37(18-8-2)27-19-22(4)15-16-23(27)5/h7-8,10-16,19,24-25,28-31,39H,1-2,9,17-18,20-21H2,3-6H3/t24?,25-,28+,29-,30-,31?,35?/m0/s1. The highest BCUT2D eigenvalue weighted by atomic mass is 32.2. The summed E-state index contributed by atoms with van der Waals surface area (Å²) in [4.78, 5) is 49.3. The number of carbonyl (C=O) groups is 3. The van der Waals surface area contributed by atoms with Crippen LogP contribution in [0, 0.1) is 31.6 Å². The monoisotopic (exact) mass is 601 g/mol. The second-order valence-electron chi connectivity index (χ2n) is 12.1. The molecule has 3 fully saturated rings. The maximum absolute atomic E-state index is 15.0. The molecule has 3 saturated heterocycles. The Kier molecular flexibility index (Phi) is 8.91. The number of hydrogen-bond acceptors (Lipinski definition) is 5. The highest BCUT2D eigenvalue weighted by Gasteiger charge is 2.77. The fourth-order valence-electron chi connectivity index (χ4n) is 7.66. The van der Waals surface area contributed by atoms with Crippen LogP contribution in [-0.4, -0.2) is 69.5 Å². The van der Waals surface area contributed by atoms with E-state index in [0.29, 0.717) is 13.0 Å². The lowest BCUT2D eigenvalue weighted by molar-refractivity contribution is -0.142. The summed E-state index contributed by atoms with van der Waals surface area (Å²) in [5.74, 6) is -1.74. The average molecular weight is 602 g/mol. The molecule has 8 heteroatoms. The Balaban J connectivity index is 1.64. The quantitative estimate of drug-likeness (QED) is 0.361. The normalized spacial score (nSPS) is 28.0. The topological polar surface area (TPSA) is 81.2 Å². The van der Waals surface area contributed by atoms with Crippen LogP contribution in [0.4, 0.5) is 11.4 Å². The third-order valence-electron chi connectivity index (χ3n) is 9.66. The van der Waals surface area contributed by atoms with E-state index in [1.54, 1.807) is 38.6 Å². The van der Waals surface area contributed by atoms with Gasteiger partial charge in [0.2, 0.25) is 11.8 Å². The molecule has 3 unspecified atom stereocenters. The first-order valence-corrected chi connectivity index (χ1v) is 16.1. The van der Waals surface area contributed by atoms with E-state index >= 15 is 0 Å². The molecule has 3 aliphatic heterocycles. The van der Waals surface area contributed by atoms with Crippen LogP contribution in [-0.2, 0) is 14.4 Å². The van der Waals surface area contributed by atoms with Crippen LogP contribution in [0.2, 0.25) is 0 Å². The summed E-state index contributed by atoms with van der Waals surface area (Å²) in [5, 5.41) is 10.4. The fourth-order valence-corrected chi connectivity index (χ4v) is 10.1. The van der Waals surface area contributed by atoms with Crippen molar-refractivity contribution in [1.82, 2.24) is 4.90 Å². The summed E-state index contributed by atoms with van der Waals surface area (Å²) in [5.41, 5.74) is 3.52. The molecule has 7 nitrogen and oxygen atoms in total. The molecule has 5 rings (SSSR count). The number of anilines is 2. The molecule has 1 N–H and O–H groups in total. The fraction of sp³-hybridized carbons (Fsp3) is 0.457. The lowest BCUT2D eigenvalue weighted by Gasteiger charge is -2.42. The van der Waals surface area contributed by atoms with E-state index in [4.69, 9.17) is 0 Å². The highest BCUT2D eigenvalue weighted by molar-refractivity contribution is 8.02. The van der Waals surface area contributed by atoms with E-state index in [1.807, 2.05) is 69.3 Å². The molecule has 0 aromatic heterocycles. The van der Waals surface area contributed by atoms with E-state index in [-0.39, 0.29) is 42.0 Å². The predicted octanol–water partition coefficient (Wildman–Crippen LogP) is 5.15. The maximum Gasteiger partial charge on any atom is 0.251 e. The number of benzene rings is 2. The second kappa shape index (κ2) is 12.3. The number of rotatable bonds is 11. The van der Waals surface area contributed by atoms with E-state index in [2.05, 4.69) is 20.1 Å². The molecule has 0 saturated carbocycles. The Morgan fingerprint density at radius 1 is 1.09 bits per heavy atom. The van der Waals surface area contributed by atoms with Gasteiger partial charge in [-0.2, -0.15) is 0 Å². The number of carbonyl (C=O) groups excluding carboxylic acids is 3. The molecule has 7 atom stereocenters. The summed E-state index contributed by atoms with van der Waals surface area (Å²) >= 11 is 1.65. The van der Waals surface area contributed by atoms with E-state index < -0.39 is 28.7 Å². The van der Waals surface area contributed by atoms with Gasteiger partial charge in [-0.3, -0.25) is 14.4 Å². The highest BCUT2D eigenvalue weighted by Crippen LogP contribution is 2.69. The molecule has 2 bridgehead atoms. The third-order valence-corrected chi connectivity index (χ3v) is 11.7. The van der Waals surface area contributed by atoms with E-state index in [9.17, 15) is 19.5 Å². The number of likely N-dealkylation sites (tertiary alicyclic amines) is 1. The lowest BCUT2D eigenvalue weighted by atomic mass is 9.65. The van der Waals surface area contributed by atoms with Gasteiger partial charge in [0.05, 0.1) is 29.2 Å². The number of aryl methyl sites for hydroxylation is 2. The van der Waals surface area contributed by atoms with Crippen molar-refractivity contribution in [3.05, 3.63) is 85.0 Å². The Bertz CT molecular complexity index is 1410. The van der Waals surface area contributed by atoms with E-state index in [1.165, 1.54) is 0 Å². The molecule has 0 aliphatic carbocycles. The molecule has 2 aromatic carbocycles. The van der Waals surface area contributed by atoms with Crippen molar-refractivity contribution in [3.8, 4) is 0 Å². The van der Waals surface area contributed by atoms with Gasteiger partial charge in [-0.1, -0.05) is 56.3 Å². The zero-order chi connectivity index (χ0) is 31.1. The third kappa shape index (κ3) is 4.92. The van der Waals surface area contributed by atoms with Crippen LogP contribution in [0.25, 0.3) is 0 Å². The molecule has 3 heterocycles. The van der Waals surface area contributed by atoms with Gasteiger partial charge in [-0.05, 0) is 61.9 Å². The lowest BCUT2D eigenvalue weighted by Crippen LogP contribution is -2.59. The van der Waals surface area contributed by atoms with E-state index in [0.717, 1.165) is 28.9 Å². The van der Waals surface area contributed by atoms with Gasteiger partial charge in [0, 0.05) is 29.7 Å². The number of fused-ring (bicyclic) bond motifs is 1. The number of hydrogen-bond donors (Lipinski definition) is 1. The van der Waals surface area contributed by atoms with Crippen molar-refractivity contribution in [3.63, 3.8) is 0 Å². The number of amides is 3. The molecule has 2 aromatic rings. The van der Waals surface area contributed by atoms with Gasteiger partial charge < -0.3 is 19.8 Å². The minimum Gasteiger partial charge on any atom is -0.394 e. The van der Waals surface area contributed by atoms with Crippen molar-refractivity contribution in [2.24, 2.45) is 17.8 Å². The van der Waals surface area contributed by atoms with Crippen LogP contribution in [0.15, 0.2) is 73.8 Å². The van der Waals surface area contributed by atoms with Gasteiger partial charge in [-0.25, -0.2) is 0 Å². The Morgan fingerprint density at radius 3 is 2.40 bits per heavy atom. The Labute approximate surface area is 259 Å². The van der Waals surface area contributed by atoms with Crippen LogP contribution in [0.3, 0.4) is 0 Å². The minimum atomic E-state index is -0.825. The van der Waals surface area contributed by atoms with Crippen LogP contribution in [0.5, 0.6) is 0 Å². The SMILES string of the molecule is C=CCN(C(=O)[C@@H]1[C@H]2C(=O)N([C@@H](CC)CO)C(C(=O)N(CC=C)c3cc(C)ccc3C)C23S[C@@H]1CC3C)c1ccccc1. The number of nitrogens with zero attached hydrogens (tertiary/aromatic N) is 3. The molecule has 1 spiro atoms. The predicted molar refractivity (Wildman–Crippen MR) is 174 cm³/mol. The van der Waals surface area contributed by atoms with Gasteiger partial charge in [0.15, 0.2) is 0 Å². The van der Waals surface area contributed by atoms with Gasteiger partial charge in [-0.15, -0.1) is 24.9 Å². The smallest absolute Gasteiger partial charge is 0.251 e. The van der Waals surface area contributed by atoms with Crippen molar-refractivity contribution in [2.45, 2.75) is 62.6 Å². The number of thioether (sulfide) groups is 1. The van der Waals surface area contributed by atoms with Crippen LogP contribution >= 0.6 is 11.8 Å². The molecular formula is C35H43N3O4S. The summed E-state index contributed by atoms with van der Waals surface area (Å²) in [6.07, 6.45) is 4.64. The summed E-state index contributed by atoms with van der Waals surface area (Å²) in [7, 11) is 0. The Hall–Kier alpha value is -3.36. The summed E-state index contributed by atoms with van der Waals surface area (Å²) in [6.45, 7) is 16.2. The first-order chi connectivity index (χ1) is 20.7. The summed E-state index contributed by atoms with van der Waals surface area (Å²) < 4.78 is -0.796. The molecular weight excluding hydrogens is 558 g/mol. The molecule has 0 radical (unpaired) electrons. The first kappa shape index (κ1) is 31.1. The molecule has 3 aliphatic rings. The molecule has 3 amide bonds. The van der Waals surface area contributed by atoms with Gasteiger partial charge in [0.25, 0.3) is 5.91 Å². The van der Waals surface area contributed by atoms with Crippen LogP contribution < -0.4 is 9.80 Å². The largest absolute Gasteiger partial charge is 0.394 e. The van der Waals surface area contributed by atoms with Crippen molar-refractivity contribution in [2.75, 3.05) is 29.5 Å². The zero-order valence-corrected chi connectivity index (χ0v) is 26.4.